The van der Waals surface area contributed by atoms with Crippen molar-refractivity contribution < 1.29 is 0 Å². The van der Waals surface area contributed by atoms with Gasteiger partial charge in [-0.15, -0.1) is 0 Å². The van der Waals surface area contributed by atoms with Crippen molar-refractivity contribution in [2.75, 3.05) is 0 Å². The Morgan fingerprint density at radius 2 is 1.95 bits per heavy atom. The van der Waals surface area contributed by atoms with Crippen molar-refractivity contribution in [1.82, 2.24) is 5.32 Å². The van der Waals surface area contributed by atoms with Crippen LogP contribution in [0.4, 0.5) is 0 Å². The van der Waals surface area contributed by atoms with Crippen LogP contribution >= 0.6 is 11.6 Å². The minimum Gasteiger partial charge on any atom is -0.310 e. The number of nitrogens with one attached hydrogen (secondary N) is 1. The molecule has 0 saturated heterocycles. The summed E-state index contributed by atoms with van der Waals surface area (Å²) in [6, 6.07) is 10.9. The first-order chi connectivity index (χ1) is 9.11. The van der Waals surface area contributed by atoms with Gasteiger partial charge in [-0.25, -0.2) is 0 Å². The SMILES string of the molecule is C[C@]1(CC#N)CC[C@@H](NCc2ccc(Cl)cc2)CC1. The molecule has 19 heavy (non-hydrogen) atoms. The Hall–Kier alpha value is -1.04. The number of rotatable bonds is 4. The smallest absolute Gasteiger partial charge is 0.0627 e. The summed E-state index contributed by atoms with van der Waals surface area (Å²) in [6.45, 7) is 3.14. The number of nitrogens with zero attached hydrogens (tertiary/aromatic N) is 1. The molecule has 1 N–H and O–H groups in total. The Labute approximate surface area is 120 Å². The standard InChI is InChI=1S/C16H21ClN2/c1-16(10-11-18)8-6-15(7-9-16)19-12-13-2-4-14(17)5-3-13/h2-5,15,19H,6-10,12H2,1H3/t15-,16+. The zero-order valence-corrected chi connectivity index (χ0v) is 12.2. The molecule has 0 radical (unpaired) electrons. The molecule has 1 aliphatic carbocycles. The Balaban J connectivity index is 1.77. The number of nitriles is 1. The second kappa shape index (κ2) is 6.41. The van der Waals surface area contributed by atoms with Gasteiger partial charge in [0.15, 0.2) is 0 Å². The molecule has 1 fully saturated rings. The molecule has 0 heterocycles. The predicted molar refractivity (Wildman–Crippen MR) is 78.9 cm³/mol. The highest BCUT2D eigenvalue weighted by Crippen LogP contribution is 2.38. The van der Waals surface area contributed by atoms with Crippen molar-refractivity contribution in [3.05, 3.63) is 34.9 Å². The number of benzene rings is 1. The van der Waals surface area contributed by atoms with Crippen LogP contribution < -0.4 is 5.32 Å². The molecule has 3 heteroatoms. The molecule has 0 bridgehead atoms. The zero-order valence-electron chi connectivity index (χ0n) is 11.5. The van der Waals surface area contributed by atoms with E-state index in [0.717, 1.165) is 24.4 Å². The van der Waals surface area contributed by atoms with Gasteiger partial charge in [0.25, 0.3) is 0 Å². The molecule has 102 valence electrons. The van der Waals surface area contributed by atoms with E-state index in [1.807, 2.05) is 12.1 Å². The van der Waals surface area contributed by atoms with E-state index in [1.165, 1.54) is 18.4 Å². The molecule has 0 spiro atoms. The Kier molecular flexibility index (Phi) is 4.85. The highest BCUT2D eigenvalue weighted by molar-refractivity contribution is 6.30. The summed E-state index contributed by atoms with van der Waals surface area (Å²) >= 11 is 5.87. The van der Waals surface area contributed by atoms with Gasteiger partial charge < -0.3 is 5.32 Å². The van der Waals surface area contributed by atoms with Crippen molar-refractivity contribution >= 4 is 11.6 Å². The van der Waals surface area contributed by atoms with Gasteiger partial charge in [-0.05, 0) is 48.8 Å². The van der Waals surface area contributed by atoms with E-state index in [9.17, 15) is 0 Å². The third-order valence-corrected chi connectivity index (χ3v) is 4.46. The summed E-state index contributed by atoms with van der Waals surface area (Å²) in [6.07, 6.45) is 5.34. The second-order valence-electron chi connectivity index (χ2n) is 5.93. The molecule has 0 unspecified atom stereocenters. The molecule has 1 aliphatic rings. The molecular weight excluding hydrogens is 256 g/mol. The number of hydrogen-bond donors (Lipinski definition) is 1. The molecule has 2 nitrogen and oxygen atoms in total. The van der Waals surface area contributed by atoms with E-state index in [4.69, 9.17) is 16.9 Å². The molecule has 0 atom stereocenters. The maximum Gasteiger partial charge on any atom is 0.0627 e. The fraction of sp³-hybridized carbons (Fsp3) is 0.562. The lowest BCUT2D eigenvalue weighted by Gasteiger charge is -2.36. The average molecular weight is 277 g/mol. The Morgan fingerprint density at radius 1 is 1.32 bits per heavy atom. The van der Waals surface area contributed by atoms with Crippen LogP contribution in [0.25, 0.3) is 0 Å². The second-order valence-corrected chi connectivity index (χ2v) is 6.36. The van der Waals surface area contributed by atoms with Crippen LogP contribution in [0.3, 0.4) is 0 Å². The van der Waals surface area contributed by atoms with Gasteiger partial charge in [0.05, 0.1) is 6.07 Å². The van der Waals surface area contributed by atoms with Crippen LogP contribution in [-0.2, 0) is 6.54 Å². The molecule has 1 aromatic carbocycles. The highest BCUT2D eigenvalue weighted by atomic mass is 35.5. The van der Waals surface area contributed by atoms with E-state index in [2.05, 4.69) is 30.4 Å². The Morgan fingerprint density at radius 3 is 2.53 bits per heavy atom. The third kappa shape index (κ3) is 4.23. The fourth-order valence-corrected chi connectivity index (χ4v) is 2.88. The lowest BCUT2D eigenvalue weighted by atomic mass is 9.72. The summed E-state index contributed by atoms with van der Waals surface area (Å²) in [7, 11) is 0. The van der Waals surface area contributed by atoms with Gasteiger partial charge in [0.2, 0.25) is 0 Å². The lowest BCUT2D eigenvalue weighted by Crippen LogP contribution is -2.36. The van der Waals surface area contributed by atoms with Crippen molar-refractivity contribution in [1.29, 1.82) is 5.26 Å². The van der Waals surface area contributed by atoms with Gasteiger partial charge >= 0.3 is 0 Å². The first-order valence-corrected chi connectivity index (χ1v) is 7.34. The third-order valence-electron chi connectivity index (χ3n) is 4.21. The molecule has 1 saturated carbocycles. The van der Waals surface area contributed by atoms with Gasteiger partial charge in [0, 0.05) is 24.0 Å². The predicted octanol–water partition coefficient (Wildman–Crippen LogP) is 4.29. The van der Waals surface area contributed by atoms with Crippen LogP contribution in [-0.4, -0.2) is 6.04 Å². The van der Waals surface area contributed by atoms with Gasteiger partial charge in [0.1, 0.15) is 0 Å². The molecule has 2 rings (SSSR count). The minimum atomic E-state index is 0.243. The van der Waals surface area contributed by atoms with Crippen LogP contribution in [0.5, 0.6) is 0 Å². The van der Waals surface area contributed by atoms with E-state index in [1.54, 1.807) is 0 Å². The molecular formula is C16H21ClN2. The molecule has 1 aromatic rings. The first kappa shape index (κ1) is 14.4. The van der Waals surface area contributed by atoms with E-state index < -0.39 is 0 Å². The topological polar surface area (TPSA) is 35.8 Å². The first-order valence-electron chi connectivity index (χ1n) is 6.96. The summed E-state index contributed by atoms with van der Waals surface area (Å²) in [5.74, 6) is 0. The van der Waals surface area contributed by atoms with Crippen LogP contribution in [0.15, 0.2) is 24.3 Å². The van der Waals surface area contributed by atoms with Crippen molar-refractivity contribution in [3.8, 4) is 6.07 Å². The van der Waals surface area contributed by atoms with Crippen LogP contribution in [0, 0.1) is 16.7 Å². The summed E-state index contributed by atoms with van der Waals surface area (Å²) in [4.78, 5) is 0. The summed E-state index contributed by atoms with van der Waals surface area (Å²) in [5.41, 5.74) is 1.52. The number of halogens is 1. The monoisotopic (exact) mass is 276 g/mol. The highest BCUT2D eigenvalue weighted by Gasteiger charge is 2.30. The van der Waals surface area contributed by atoms with Gasteiger partial charge in [-0.1, -0.05) is 30.7 Å². The van der Waals surface area contributed by atoms with E-state index >= 15 is 0 Å². The van der Waals surface area contributed by atoms with Crippen molar-refractivity contribution in [2.45, 2.75) is 51.6 Å². The fourth-order valence-electron chi connectivity index (χ4n) is 2.75. The largest absolute Gasteiger partial charge is 0.310 e. The Bertz CT molecular complexity index is 439. The summed E-state index contributed by atoms with van der Waals surface area (Å²) < 4.78 is 0. The average Bonchev–Trinajstić information content (AvgIpc) is 2.40. The van der Waals surface area contributed by atoms with Crippen molar-refractivity contribution in [2.24, 2.45) is 5.41 Å². The quantitative estimate of drug-likeness (QED) is 0.890. The molecule has 0 aromatic heterocycles. The van der Waals surface area contributed by atoms with E-state index in [-0.39, 0.29) is 5.41 Å². The van der Waals surface area contributed by atoms with Crippen molar-refractivity contribution in [3.63, 3.8) is 0 Å². The molecule has 0 amide bonds. The van der Waals surface area contributed by atoms with Crippen LogP contribution in [0.2, 0.25) is 5.02 Å². The minimum absolute atomic E-state index is 0.243. The zero-order chi connectivity index (χ0) is 13.7. The van der Waals surface area contributed by atoms with Crippen LogP contribution in [0.1, 0.15) is 44.6 Å². The normalized spacial score (nSPS) is 26.9. The molecule has 0 aliphatic heterocycles. The lowest BCUT2D eigenvalue weighted by molar-refractivity contribution is 0.188. The maximum atomic E-state index is 8.85. The van der Waals surface area contributed by atoms with E-state index in [0.29, 0.717) is 12.5 Å². The van der Waals surface area contributed by atoms with Gasteiger partial charge in [-0.2, -0.15) is 5.26 Å². The van der Waals surface area contributed by atoms with Gasteiger partial charge in [-0.3, -0.25) is 0 Å². The maximum absolute atomic E-state index is 8.85. The number of hydrogen-bond acceptors (Lipinski definition) is 2. The summed E-state index contributed by atoms with van der Waals surface area (Å²) in [5, 5.41) is 13.2.